The number of sulfonamides is 1. The highest BCUT2D eigenvalue weighted by Gasteiger charge is 2.32. The molecule has 0 spiro atoms. The van der Waals surface area contributed by atoms with E-state index in [0.29, 0.717) is 21.4 Å². The van der Waals surface area contributed by atoms with Gasteiger partial charge in [0.05, 0.1) is 4.90 Å². The average molecular weight is 329 g/mol. The summed E-state index contributed by atoms with van der Waals surface area (Å²) in [6, 6.07) is 1.86. The molecule has 4 nitrogen and oxygen atoms in total. The van der Waals surface area contributed by atoms with Gasteiger partial charge < -0.3 is 5.73 Å². The molecule has 1 aliphatic carbocycles. The van der Waals surface area contributed by atoms with E-state index in [4.69, 9.17) is 5.73 Å². The van der Waals surface area contributed by atoms with Gasteiger partial charge in [0, 0.05) is 17.0 Å². The maximum absolute atomic E-state index is 12.8. The number of nitrogen functional groups attached to an aromatic ring is 1. The van der Waals surface area contributed by atoms with Gasteiger partial charge in [-0.1, -0.05) is 12.5 Å². The second-order valence-corrected chi connectivity index (χ2v) is 8.54. The van der Waals surface area contributed by atoms with Crippen molar-refractivity contribution in [2.45, 2.75) is 56.2 Å². The van der Waals surface area contributed by atoms with Crippen LogP contribution in [0, 0.1) is 20.8 Å². The lowest BCUT2D eigenvalue weighted by atomic mass is 10.1. The Morgan fingerprint density at radius 2 is 1.90 bits per heavy atom. The number of nitrogens with two attached hydrogens (primary N) is 1. The van der Waals surface area contributed by atoms with E-state index in [1.807, 2.05) is 26.2 Å². The first-order chi connectivity index (χ1) is 9.77. The summed E-state index contributed by atoms with van der Waals surface area (Å²) in [6.07, 6.45) is 5.09. The monoisotopic (exact) mass is 328 g/mol. The van der Waals surface area contributed by atoms with Gasteiger partial charge in [0.2, 0.25) is 10.0 Å². The molecule has 0 radical (unpaired) electrons. The molecule has 1 fully saturated rings. The molecular weight excluding hydrogens is 304 g/mol. The SMILES string of the molecule is CSC1CCCC1NS(=O)(=O)c1c(C)cc(C)c(N)c1C. The van der Waals surface area contributed by atoms with Crippen molar-refractivity contribution in [1.82, 2.24) is 4.72 Å². The molecule has 1 aromatic carbocycles. The summed E-state index contributed by atoms with van der Waals surface area (Å²) in [5.74, 6) is 0. The molecule has 6 heteroatoms. The molecule has 0 saturated heterocycles. The Hall–Kier alpha value is -0.720. The molecular formula is C15H24N2O2S2. The standard InChI is InChI=1S/C15H24N2O2S2/c1-9-8-10(2)15(11(3)14(9)16)21(18,19)17-12-6-5-7-13(12)20-4/h8,12-13,17H,5-7,16H2,1-4H3. The van der Waals surface area contributed by atoms with Gasteiger partial charge in [-0.2, -0.15) is 11.8 Å². The van der Waals surface area contributed by atoms with E-state index in [0.717, 1.165) is 30.4 Å². The number of hydrogen-bond acceptors (Lipinski definition) is 4. The van der Waals surface area contributed by atoms with Crippen molar-refractivity contribution in [3.05, 3.63) is 22.8 Å². The molecule has 118 valence electrons. The van der Waals surface area contributed by atoms with Gasteiger partial charge in [0.15, 0.2) is 0 Å². The molecule has 1 aromatic rings. The third kappa shape index (κ3) is 3.22. The molecule has 1 saturated carbocycles. The Morgan fingerprint density at radius 3 is 2.52 bits per heavy atom. The number of aryl methyl sites for hydroxylation is 2. The predicted octanol–water partition coefficient (Wildman–Crippen LogP) is 2.76. The molecule has 2 rings (SSSR count). The van der Waals surface area contributed by atoms with E-state index in [1.54, 1.807) is 18.7 Å². The fourth-order valence-electron chi connectivity index (χ4n) is 3.20. The predicted molar refractivity (Wildman–Crippen MR) is 90.3 cm³/mol. The minimum Gasteiger partial charge on any atom is -0.398 e. The van der Waals surface area contributed by atoms with E-state index >= 15 is 0 Å². The summed E-state index contributed by atoms with van der Waals surface area (Å²) in [7, 11) is -3.53. The van der Waals surface area contributed by atoms with Crippen molar-refractivity contribution < 1.29 is 8.42 Å². The zero-order chi connectivity index (χ0) is 15.8. The van der Waals surface area contributed by atoms with Gasteiger partial charge in [-0.25, -0.2) is 13.1 Å². The molecule has 0 aliphatic heterocycles. The van der Waals surface area contributed by atoms with Crippen LogP contribution in [0.25, 0.3) is 0 Å². The zero-order valence-electron chi connectivity index (χ0n) is 13.1. The number of hydrogen-bond donors (Lipinski definition) is 2. The molecule has 21 heavy (non-hydrogen) atoms. The van der Waals surface area contributed by atoms with Crippen molar-refractivity contribution in [1.29, 1.82) is 0 Å². The van der Waals surface area contributed by atoms with Crippen LogP contribution in [0.5, 0.6) is 0 Å². The molecule has 2 atom stereocenters. The van der Waals surface area contributed by atoms with Gasteiger partial charge in [-0.15, -0.1) is 0 Å². The zero-order valence-corrected chi connectivity index (χ0v) is 14.7. The molecule has 0 bridgehead atoms. The highest BCUT2D eigenvalue weighted by molar-refractivity contribution is 7.99. The van der Waals surface area contributed by atoms with Crippen molar-refractivity contribution in [2.24, 2.45) is 0 Å². The maximum Gasteiger partial charge on any atom is 0.241 e. The topological polar surface area (TPSA) is 72.2 Å². The molecule has 0 aromatic heterocycles. The third-order valence-electron chi connectivity index (χ3n) is 4.29. The summed E-state index contributed by atoms with van der Waals surface area (Å²) in [4.78, 5) is 0.345. The van der Waals surface area contributed by atoms with Crippen molar-refractivity contribution in [3.8, 4) is 0 Å². The van der Waals surface area contributed by atoms with E-state index in [2.05, 4.69) is 4.72 Å². The second-order valence-electron chi connectivity index (χ2n) is 5.81. The molecule has 0 heterocycles. The summed E-state index contributed by atoms with van der Waals surface area (Å²) in [5.41, 5.74) is 8.91. The maximum atomic E-state index is 12.8. The summed E-state index contributed by atoms with van der Waals surface area (Å²) in [5, 5.41) is 0.364. The van der Waals surface area contributed by atoms with Crippen molar-refractivity contribution >= 4 is 27.5 Å². The van der Waals surface area contributed by atoms with Crippen LogP contribution >= 0.6 is 11.8 Å². The summed E-state index contributed by atoms with van der Waals surface area (Å²) < 4.78 is 28.5. The minimum atomic E-state index is -3.53. The van der Waals surface area contributed by atoms with E-state index in [1.165, 1.54) is 0 Å². The van der Waals surface area contributed by atoms with Crippen LogP contribution < -0.4 is 10.5 Å². The first-order valence-corrected chi connectivity index (χ1v) is 9.96. The number of anilines is 1. The van der Waals surface area contributed by atoms with Crippen LogP contribution in [0.15, 0.2) is 11.0 Å². The van der Waals surface area contributed by atoms with Gasteiger partial charge in [-0.05, 0) is 56.6 Å². The van der Waals surface area contributed by atoms with Gasteiger partial charge in [-0.3, -0.25) is 0 Å². The Morgan fingerprint density at radius 1 is 1.24 bits per heavy atom. The molecule has 2 unspecified atom stereocenters. The Labute approximate surface area is 131 Å². The van der Waals surface area contributed by atoms with E-state index < -0.39 is 10.0 Å². The smallest absolute Gasteiger partial charge is 0.241 e. The van der Waals surface area contributed by atoms with Crippen LogP contribution in [0.4, 0.5) is 5.69 Å². The van der Waals surface area contributed by atoms with Crippen molar-refractivity contribution in [3.63, 3.8) is 0 Å². The van der Waals surface area contributed by atoms with Crippen LogP contribution in [0.3, 0.4) is 0 Å². The quantitative estimate of drug-likeness (QED) is 0.834. The average Bonchev–Trinajstić information content (AvgIpc) is 2.82. The lowest BCUT2D eigenvalue weighted by molar-refractivity contribution is 0.554. The van der Waals surface area contributed by atoms with Crippen LogP contribution in [-0.4, -0.2) is 26.0 Å². The number of rotatable bonds is 4. The Bertz CT molecular complexity index is 642. The normalized spacial score (nSPS) is 22.7. The molecule has 1 aliphatic rings. The summed E-state index contributed by atoms with van der Waals surface area (Å²) >= 11 is 1.74. The largest absolute Gasteiger partial charge is 0.398 e. The lowest BCUT2D eigenvalue weighted by Gasteiger charge is -2.21. The minimum absolute atomic E-state index is 0.0197. The van der Waals surface area contributed by atoms with Crippen LogP contribution in [0.2, 0.25) is 0 Å². The van der Waals surface area contributed by atoms with Gasteiger partial charge in [0.1, 0.15) is 0 Å². The molecule has 3 N–H and O–H groups in total. The Balaban J connectivity index is 2.39. The first kappa shape index (κ1) is 16.6. The molecule has 0 amide bonds. The fraction of sp³-hybridized carbons (Fsp3) is 0.600. The van der Waals surface area contributed by atoms with Crippen molar-refractivity contribution in [2.75, 3.05) is 12.0 Å². The van der Waals surface area contributed by atoms with E-state index in [-0.39, 0.29) is 6.04 Å². The third-order valence-corrected chi connectivity index (χ3v) is 7.24. The number of thioether (sulfide) groups is 1. The first-order valence-electron chi connectivity index (χ1n) is 7.19. The fourth-order valence-corrected chi connectivity index (χ4v) is 6.01. The number of benzene rings is 1. The summed E-state index contributed by atoms with van der Waals surface area (Å²) in [6.45, 7) is 5.51. The highest BCUT2D eigenvalue weighted by Crippen LogP contribution is 2.32. The number of nitrogens with one attached hydrogen (secondary N) is 1. The Kier molecular flexibility index (Phi) is 4.90. The highest BCUT2D eigenvalue weighted by atomic mass is 32.2. The van der Waals surface area contributed by atoms with Gasteiger partial charge in [0.25, 0.3) is 0 Å². The van der Waals surface area contributed by atoms with E-state index in [9.17, 15) is 8.42 Å². The van der Waals surface area contributed by atoms with Crippen LogP contribution in [-0.2, 0) is 10.0 Å². The van der Waals surface area contributed by atoms with Crippen LogP contribution in [0.1, 0.15) is 36.0 Å². The lowest BCUT2D eigenvalue weighted by Crippen LogP contribution is -2.39. The van der Waals surface area contributed by atoms with Gasteiger partial charge >= 0.3 is 0 Å². The second kappa shape index (κ2) is 6.18.